The summed E-state index contributed by atoms with van der Waals surface area (Å²) >= 11 is 0. The normalized spacial score (nSPS) is 12.0. The van der Waals surface area contributed by atoms with Crippen molar-refractivity contribution in [1.29, 1.82) is 0 Å². The Hall–Kier alpha value is -1.98. The van der Waals surface area contributed by atoms with E-state index in [2.05, 4.69) is 23.8 Å². The molecule has 0 spiro atoms. The van der Waals surface area contributed by atoms with Crippen LogP contribution in [0, 0.1) is 0 Å². The van der Waals surface area contributed by atoms with Crippen molar-refractivity contribution in [2.24, 2.45) is 7.05 Å². The van der Waals surface area contributed by atoms with Crippen LogP contribution in [0.3, 0.4) is 0 Å². The molecule has 0 atom stereocenters. The first kappa shape index (κ1) is 15.4. The van der Waals surface area contributed by atoms with Gasteiger partial charge in [0.1, 0.15) is 0 Å². The molecule has 1 aromatic heterocycles. The van der Waals surface area contributed by atoms with Crippen LogP contribution in [-0.4, -0.2) is 22.9 Å². The first-order valence-corrected chi connectivity index (χ1v) is 6.64. The summed E-state index contributed by atoms with van der Waals surface area (Å²) in [6, 6.07) is 7.35. The first-order chi connectivity index (χ1) is 9.70. The number of rotatable bonds is 3. The standard InChI is InChI=1S/C15H18F3N3/c1-10(2)21(4)12-7-5-11(6-8-12)13-9-20(3)19-14(13)15(16,17)18/h5-10H,1-4H3. The molecule has 0 saturated heterocycles. The highest BCUT2D eigenvalue weighted by Gasteiger charge is 2.37. The van der Waals surface area contributed by atoms with Crippen LogP contribution in [0.2, 0.25) is 0 Å². The molecule has 0 aliphatic rings. The predicted octanol–water partition coefficient (Wildman–Crippen LogP) is 3.95. The van der Waals surface area contributed by atoms with Crippen LogP contribution >= 0.6 is 0 Å². The molecule has 0 aliphatic heterocycles. The Morgan fingerprint density at radius 3 is 2.19 bits per heavy atom. The van der Waals surface area contributed by atoms with E-state index in [0.717, 1.165) is 5.69 Å². The molecule has 0 bridgehead atoms. The molecule has 3 nitrogen and oxygen atoms in total. The maximum Gasteiger partial charge on any atom is 0.435 e. The molecule has 2 aromatic rings. The van der Waals surface area contributed by atoms with Gasteiger partial charge in [-0.1, -0.05) is 12.1 Å². The first-order valence-electron chi connectivity index (χ1n) is 6.64. The van der Waals surface area contributed by atoms with E-state index >= 15 is 0 Å². The number of hydrogen-bond acceptors (Lipinski definition) is 2. The minimum Gasteiger partial charge on any atom is -0.372 e. The molecule has 0 amide bonds. The van der Waals surface area contributed by atoms with E-state index < -0.39 is 11.9 Å². The molecule has 0 radical (unpaired) electrons. The van der Waals surface area contributed by atoms with E-state index in [4.69, 9.17) is 0 Å². The molecule has 0 aliphatic carbocycles. The van der Waals surface area contributed by atoms with E-state index in [-0.39, 0.29) is 5.56 Å². The zero-order chi connectivity index (χ0) is 15.8. The van der Waals surface area contributed by atoms with Crippen molar-refractivity contribution in [3.63, 3.8) is 0 Å². The molecule has 1 aromatic carbocycles. The summed E-state index contributed by atoms with van der Waals surface area (Å²) < 4.78 is 40.1. The van der Waals surface area contributed by atoms with Crippen molar-refractivity contribution in [3.05, 3.63) is 36.2 Å². The van der Waals surface area contributed by atoms with E-state index in [0.29, 0.717) is 11.6 Å². The number of anilines is 1. The molecule has 114 valence electrons. The lowest BCUT2D eigenvalue weighted by molar-refractivity contribution is -0.140. The largest absolute Gasteiger partial charge is 0.435 e. The molecule has 6 heteroatoms. The van der Waals surface area contributed by atoms with E-state index in [9.17, 15) is 13.2 Å². The summed E-state index contributed by atoms with van der Waals surface area (Å²) in [6.45, 7) is 4.10. The molecule has 0 fully saturated rings. The van der Waals surface area contributed by atoms with E-state index in [1.807, 2.05) is 19.2 Å². The summed E-state index contributed by atoms with van der Waals surface area (Å²) in [5.41, 5.74) is 0.723. The Morgan fingerprint density at radius 2 is 1.71 bits per heavy atom. The zero-order valence-corrected chi connectivity index (χ0v) is 12.4. The van der Waals surface area contributed by atoms with Gasteiger partial charge in [-0.25, -0.2) is 0 Å². The average Bonchev–Trinajstić information content (AvgIpc) is 2.80. The van der Waals surface area contributed by atoms with Crippen LogP contribution in [0.1, 0.15) is 19.5 Å². The van der Waals surface area contributed by atoms with Crippen molar-refractivity contribution in [2.75, 3.05) is 11.9 Å². The van der Waals surface area contributed by atoms with Gasteiger partial charge in [-0.15, -0.1) is 0 Å². The number of aryl methyl sites for hydroxylation is 1. The SMILES string of the molecule is CC(C)N(C)c1ccc(-c2cn(C)nc2C(F)(F)F)cc1. The molecular formula is C15H18F3N3. The smallest absolute Gasteiger partial charge is 0.372 e. The minimum absolute atomic E-state index is 0.101. The molecule has 21 heavy (non-hydrogen) atoms. The quantitative estimate of drug-likeness (QED) is 0.855. The summed E-state index contributed by atoms with van der Waals surface area (Å²) in [5.74, 6) is 0. The Labute approximate surface area is 122 Å². The number of benzene rings is 1. The van der Waals surface area contributed by atoms with Crippen LogP contribution < -0.4 is 4.90 Å². The van der Waals surface area contributed by atoms with Crippen LogP contribution in [0.5, 0.6) is 0 Å². The van der Waals surface area contributed by atoms with Crippen molar-refractivity contribution < 1.29 is 13.2 Å². The molecule has 0 saturated carbocycles. The van der Waals surface area contributed by atoms with Crippen LogP contribution in [0.4, 0.5) is 18.9 Å². The molecule has 1 heterocycles. The topological polar surface area (TPSA) is 21.1 Å². The lowest BCUT2D eigenvalue weighted by Crippen LogP contribution is -2.25. The highest BCUT2D eigenvalue weighted by molar-refractivity contribution is 5.68. The van der Waals surface area contributed by atoms with Crippen molar-refractivity contribution in [1.82, 2.24) is 9.78 Å². The second-order valence-electron chi connectivity index (χ2n) is 5.31. The van der Waals surface area contributed by atoms with Crippen molar-refractivity contribution in [2.45, 2.75) is 26.1 Å². The number of aromatic nitrogens is 2. The summed E-state index contributed by atoms with van der Waals surface area (Å²) in [4.78, 5) is 2.05. The van der Waals surface area contributed by atoms with Gasteiger partial charge in [-0.05, 0) is 31.5 Å². The maximum atomic E-state index is 13.0. The molecule has 0 N–H and O–H groups in total. The second kappa shape index (κ2) is 5.42. The van der Waals surface area contributed by atoms with Gasteiger partial charge in [0.2, 0.25) is 0 Å². The van der Waals surface area contributed by atoms with Gasteiger partial charge in [-0.3, -0.25) is 4.68 Å². The van der Waals surface area contributed by atoms with Crippen molar-refractivity contribution >= 4 is 5.69 Å². The lowest BCUT2D eigenvalue weighted by atomic mass is 10.1. The third-order valence-electron chi connectivity index (χ3n) is 3.46. The fourth-order valence-electron chi connectivity index (χ4n) is 2.08. The Bertz CT molecular complexity index is 612. The molecular weight excluding hydrogens is 279 g/mol. The second-order valence-corrected chi connectivity index (χ2v) is 5.31. The highest BCUT2D eigenvalue weighted by atomic mass is 19.4. The molecule has 0 unspecified atom stereocenters. The van der Waals surface area contributed by atoms with Gasteiger partial charge in [0.25, 0.3) is 0 Å². The fourth-order valence-corrected chi connectivity index (χ4v) is 2.08. The predicted molar refractivity (Wildman–Crippen MR) is 77.2 cm³/mol. The van der Waals surface area contributed by atoms with Crippen LogP contribution in [-0.2, 0) is 13.2 Å². The van der Waals surface area contributed by atoms with Gasteiger partial charge in [0.15, 0.2) is 5.69 Å². The van der Waals surface area contributed by atoms with Gasteiger partial charge in [0.05, 0.1) is 0 Å². The average molecular weight is 297 g/mol. The fraction of sp³-hybridized carbons (Fsp3) is 0.400. The summed E-state index contributed by atoms with van der Waals surface area (Å²) in [6.07, 6.45) is -3.06. The maximum absolute atomic E-state index is 13.0. The van der Waals surface area contributed by atoms with Gasteiger partial charge < -0.3 is 4.90 Å². The van der Waals surface area contributed by atoms with Gasteiger partial charge in [-0.2, -0.15) is 18.3 Å². The lowest BCUT2D eigenvalue weighted by Gasteiger charge is -2.23. The van der Waals surface area contributed by atoms with Crippen LogP contribution in [0.15, 0.2) is 30.5 Å². The number of alkyl halides is 3. The van der Waals surface area contributed by atoms with Gasteiger partial charge >= 0.3 is 6.18 Å². The highest BCUT2D eigenvalue weighted by Crippen LogP contribution is 2.36. The van der Waals surface area contributed by atoms with Crippen molar-refractivity contribution in [3.8, 4) is 11.1 Å². The van der Waals surface area contributed by atoms with E-state index in [1.165, 1.54) is 17.9 Å². The van der Waals surface area contributed by atoms with E-state index in [1.54, 1.807) is 12.1 Å². The number of halogens is 3. The number of nitrogens with zero attached hydrogens (tertiary/aromatic N) is 3. The number of hydrogen-bond donors (Lipinski definition) is 0. The Kier molecular flexibility index (Phi) is 3.98. The minimum atomic E-state index is -4.45. The summed E-state index contributed by atoms with van der Waals surface area (Å²) in [7, 11) is 3.44. The summed E-state index contributed by atoms with van der Waals surface area (Å²) in [5, 5.41) is 3.53. The molecule has 2 rings (SSSR count). The van der Waals surface area contributed by atoms with Crippen LogP contribution in [0.25, 0.3) is 11.1 Å². The third kappa shape index (κ3) is 3.20. The monoisotopic (exact) mass is 297 g/mol. The van der Waals surface area contributed by atoms with Gasteiger partial charge in [0, 0.05) is 37.6 Å². The zero-order valence-electron chi connectivity index (χ0n) is 12.4. The third-order valence-corrected chi connectivity index (χ3v) is 3.46. The Morgan fingerprint density at radius 1 is 1.14 bits per heavy atom. The Balaban J connectivity index is 2.40.